The van der Waals surface area contributed by atoms with E-state index in [9.17, 15) is 9.18 Å². The van der Waals surface area contributed by atoms with Crippen LogP contribution in [0.1, 0.15) is 16.2 Å². The predicted molar refractivity (Wildman–Crippen MR) is 129 cm³/mol. The van der Waals surface area contributed by atoms with Gasteiger partial charge in [-0.05, 0) is 23.8 Å². The van der Waals surface area contributed by atoms with Gasteiger partial charge in [-0.25, -0.2) is 19.3 Å². The van der Waals surface area contributed by atoms with Gasteiger partial charge in [0.25, 0.3) is 0 Å². The van der Waals surface area contributed by atoms with Gasteiger partial charge in [-0.2, -0.15) is 5.10 Å². The number of ketones is 1. The molecule has 0 saturated carbocycles. The Kier molecular flexibility index (Phi) is 6.27. The van der Waals surface area contributed by atoms with Crippen LogP contribution in [-0.4, -0.2) is 74.8 Å². The quantitative estimate of drug-likeness (QED) is 0.393. The number of aromatic nitrogens is 5. The Bertz CT molecular complexity index is 1310. The van der Waals surface area contributed by atoms with E-state index in [0.29, 0.717) is 17.9 Å². The fourth-order valence-electron chi connectivity index (χ4n) is 4.23. The molecule has 34 heavy (non-hydrogen) atoms. The van der Waals surface area contributed by atoms with E-state index in [1.165, 1.54) is 0 Å². The number of carbonyl (C=O) groups excluding carboxylic acids is 1. The third-order valence-corrected chi connectivity index (χ3v) is 6.15. The van der Waals surface area contributed by atoms with Crippen molar-refractivity contribution in [2.24, 2.45) is 7.05 Å². The van der Waals surface area contributed by atoms with Crippen LogP contribution in [0.2, 0.25) is 0 Å². The maximum absolute atomic E-state index is 13.0. The Hall–Kier alpha value is -3.72. The fraction of sp³-hybridized carbons (Fsp3) is 0.320. The van der Waals surface area contributed by atoms with Crippen LogP contribution in [0.15, 0.2) is 55.1 Å². The number of alkyl halides is 1. The molecule has 1 saturated heterocycles. The SMILES string of the molecule is Cn1cc(-c2ccc3cnc(CC(=O)c4ccnc(N5CCN(CCF)CC5)c4)nc3c2)cn1. The van der Waals surface area contributed by atoms with Crippen LogP contribution in [0.5, 0.6) is 0 Å². The number of benzene rings is 1. The molecule has 4 aromatic rings. The zero-order valence-electron chi connectivity index (χ0n) is 19.1. The van der Waals surface area contributed by atoms with E-state index in [1.54, 1.807) is 23.1 Å². The summed E-state index contributed by atoms with van der Waals surface area (Å²) in [5.41, 5.74) is 3.40. The largest absolute Gasteiger partial charge is 0.354 e. The third kappa shape index (κ3) is 4.79. The Morgan fingerprint density at radius 1 is 1.03 bits per heavy atom. The van der Waals surface area contributed by atoms with Crippen molar-refractivity contribution >= 4 is 22.5 Å². The van der Waals surface area contributed by atoms with Crippen molar-refractivity contribution in [1.29, 1.82) is 0 Å². The highest BCUT2D eigenvalue weighted by molar-refractivity contribution is 5.98. The highest BCUT2D eigenvalue weighted by Crippen LogP contribution is 2.23. The number of hydrogen-bond acceptors (Lipinski definition) is 7. The van der Waals surface area contributed by atoms with E-state index in [-0.39, 0.29) is 18.9 Å². The standard InChI is InChI=1S/C25H26FN7O/c1-31-17-21(16-29-31)18-2-3-20-15-28-24(30-22(20)12-18)14-23(34)19-4-6-27-25(13-19)33-10-8-32(7-5-26)9-11-33/h2-4,6,12-13,15-17H,5,7-11,14H2,1H3. The summed E-state index contributed by atoms with van der Waals surface area (Å²) in [6.07, 6.45) is 7.30. The summed E-state index contributed by atoms with van der Waals surface area (Å²) in [5.74, 6) is 1.20. The van der Waals surface area contributed by atoms with Gasteiger partial charge in [0.15, 0.2) is 5.78 Å². The zero-order chi connectivity index (χ0) is 23.5. The van der Waals surface area contributed by atoms with Crippen molar-refractivity contribution in [3.8, 4) is 11.1 Å². The molecular weight excluding hydrogens is 433 g/mol. The molecule has 0 atom stereocenters. The smallest absolute Gasteiger partial charge is 0.170 e. The van der Waals surface area contributed by atoms with Crippen LogP contribution in [0, 0.1) is 0 Å². The number of halogens is 1. The molecule has 0 aliphatic carbocycles. The molecule has 1 aliphatic rings. The second-order valence-corrected chi connectivity index (χ2v) is 8.48. The lowest BCUT2D eigenvalue weighted by Gasteiger charge is -2.35. The summed E-state index contributed by atoms with van der Waals surface area (Å²) in [5, 5.41) is 5.15. The van der Waals surface area contributed by atoms with Crippen molar-refractivity contribution in [3.63, 3.8) is 0 Å². The molecule has 0 bridgehead atoms. The monoisotopic (exact) mass is 459 g/mol. The van der Waals surface area contributed by atoms with E-state index in [1.807, 2.05) is 43.7 Å². The molecule has 0 unspecified atom stereocenters. The molecule has 0 N–H and O–H groups in total. The van der Waals surface area contributed by atoms with Crippen LogP contribution in [0.3, 0.4) is 0 Å². The van der Waals surface area contributed by atoms with Gasteiger partial charge in [0.2, 0.25) is 0 Å². The molecule has 8 nitrogen and oxygen atoms in total. The molecule has 0 amide bonds. The average Bonchev–Trinajstić information content (AvgIpc) is 3.30. The number of piperazine rings is 1. The summed E-state index contributed by atoms with van der Waals surface area (Å²) >= 11 is 0. The molecule has 1 aliphatic heterocycles. The van der Waals surface area contributed by atoms with E-state index >= 15 is 0 Å². The highest BCUT2D eigenvalue weighted by Gasteiger charge is 2.19. The first-order valence-electron chi connectivity index (χ1n) is 11.4. The Labute approximate surface area is 197 Å². The molecule has 0 spiro atoms. The van der Waals surface area contributed by atoms with Crippen LogP contribution in [0.4, 0.5) is 10.2 Å². The minimum Gasteiger partial charge on any atom is -0.354 e. The Balaban J connectivity index is 1.31. The Morgan fingerprint density at radius 3 is 2.65 bits per heavy atom. The summed E-state index contributed by atoms with van der Waals surface area (Å²) in [6, 6.07) is 9.55. The van der Waals surface area contributed by atoms with Gasteiger partial charge in [-0.1, -0.05) is 12.1 Å². The number of hydrogen-bond donors (Lipinski definition) is 0. The molecular formula is C25H26FN7O. The molecule has 1 fully saturated rings. The van der Waals surface area contributed by atoms with Gasteiger partial charge in [-0.3, -0.25) is 14.4 Å². The first kappa shape index (κ1) is 22.1. The second kappa shape index (κ2) is 9.64. The van der Waals surface area contributed by atoms with Crippen LogP contribution >= 0.6 is 0 Å². The molecule has 3 aromatic heterocycles. The van der Waals surface area contributed by atoms with Gasteiger partial charge in [0, 0.05) is 74.9 Å². The Morgan fingerprint density at radius 2 is 1.88 bits per heavy atom. The van der Waals surface area contributed by atoms with E-state index in [4.69, 9.17) is 0 Å². The number of pyridine rings is 1. The number of nitrogens with zero attached hydrogens (tertiary/aromatic N) is 7. The average molecular weight is 460 g/mol. The normalized spacial score (nSPS) is 14.6. The summed E-state index contributed by atoms with van der Waals surface area (Å²) in [7, 11) is 1.88. The van der Waals surface area contributed by atoms with Crippen molar-refractivity contribution < 1.29 is 9.18 Å². The zero-order valence-corrected chi connectivity index (χ0v) is 19.1. The number of aryl methyl sites for hydroxylation is 1. The van der Waals surface area contributed by atoms with Gasteiger partial charge < -0.3 is 4.90 Å². The highest BCUT2D eigenvalue weighted by atomic mass is 19.1. The topological polar surface area (TPSA) is 80.0 Å². The van der Waals surface area contributed by atoms with E-state index in [0.717, 1.165) is 54.0 Å². The molecule has 4 heterocycles. The van der Waals surface area contributed by atoms with Crippen LogP contribution in [-0.2, 0) is 13.5 Å². The van der Waals surface area contributed by atoms with Crippen molar-refractivity contribution in [1.82, 2.24) is 29.6 Å². The lowest BCUT2D eigenvalue weighted by atomic mass is 10.1. The van der Waals surface area contributed by atoms with Crippen LogP contribution < -0.4 is 4.90 Å². The number of carbonyl (C=O) groups is 1. The van der Waals surface area contributed by atoms with Gasteiger partial charge >= 0.3 is 0 Å². The van der Waals surface area contributed by atoms with Crippen molar-refractivity contribution in [2.45, 2.75) is 6.42 Å². The fourth-order valence-corrected chi connectivity index (χ4v) is 4.23. The molecule has 0 radical (unpaired) electrons. The van der Waals surface area contributed by atoms with Gasteiger partial charge in [0.1, 0.15) is 18.3 Å². The predicted octanol–water partition coefficient (Wildman–Crippen LogP) is 2.94. The van der Waals surface area contributed by atoms with Crippen molar-refractivity contribution in [3.05, 3.63) is 66.5 Å². The lowest BCUT2D eigenvalue weighted by molar-refractivity contribution is 0.0990. The molecule has 5 rings (SSSR count). The number of fused-ring (bicyclic) bond motifs is 1. The van der Waals surface area contributed by atoms with Gasteiger partial charge in [0.05, 0.1) is 18.1 Å². The number of rotatable bonds is 7. The third-order valence-electron chi connectivity index (χ3n) is 6.15. The maximum atomic E-state index is 13.0. The minimum absolute atomic E-state index is 0.0533. The first-order chi connectivity index (χ1) is 16.6. The van der Waals surface area contributed by atoms with E-state index < -0.39 is 0 Å². The first-order valence-corrected chi connectivity index (χ1v) is 11.4. The number of Topliss-reactive ketones (excluding diaryl/α,β-unsaturated/α-hetero) is 1. The van der Waals surface area contributed by atoms with E-state index in [2.05, 4.69) is 29.9 Å². The molecule has 1 aromatic carbocycles. The van der Waals surface area contributed by atoms with Crippen LogP contribution in [0.25, 0.3) is 22.0 Å². The summed E-state index contributed by atoms with van der Waals surface area (Å²) < 4.78 is 14.3. The maximum Gasteiger partial charge on any atom is 0.170 e. The molecule has 174 valence electrons. The van der Waals surface area contributed by atoms with Gasteiger partial charge in [-0.15, -0.1) is 0 Å². The summed E-state index contributed by atoms with van der Waals surface area (Å²) in [4.78, 5) is 30.8. The second-order valence-electron chi connectivity index (χ2n) is 8.48. The summed E-state index contributed by atoms with van der Waals surface area (Å²) in [6.45, 7) is 3.24. The van der Waals surface area contributed by atoms with Crippen molar-refractivity contribution in [2.75, 3.05) is 44.3 Å². The number of anilines is 1. The lowest BCUT2D eigenvalue weighted by Crippen LogP contribution is -2.47. The minimum atomic E-state index is -0.330. The molecule has 9 heteroatoms.